The maximum atomic E-state index is 2.45. The first-order valence-electron chi connectivity index (χ1n) is 20.7. The molecule has 0 atom stereocenters. The van der Waals surface area contributed by atoms with E-state index in [0.29, 0.717) is 0 Å². The molecule has 11 aromatic carbocycles. The minimum Gasteiger partial charge on any atom is -0.310 e. The number of benzene rings is 11. The van der Waals surface area contributed by atoms with E-state index in [4.69, 9.17) is 0 Å². The quantitative estimate of drug-likeness (QED) is 0.147. The second-order valence-electron chi connectivity index (χ2n) is 15.7. The van der Waals surface area contributed by atoms with Crippen molar-refractivity contribution < 1.29 is 0 Å². The standard InChI is InChI=1S/C58H38N2/c1-5-15-39(16-6-1)44-35-45(40-17-7-2-8-18-40)37-49(36-44)59(46-19-9-3-10-20-46)48-30-25-41(26-31-48)50-32-27-42-28-34-53-57-43(29-33-52(50)56(42)57)38-54-51-23-13-14-24-55(51)60(58(53)54)47-21-11-4-12-22-47/h1-38H. The van der Waals surface area contributed by atoms with Crippen LogP contribution in [0.3, 0.4) is 0 Å². The van der Waals surface area contributed by atoms with Crippen LogP contribution in [0.5, 0.6) is 0 Å². The van der Waals surface area contributed by atoms with Crippen molar-refractivity contribution in [3.8, 4) is 39.1 Å². The minimum absolute atomic E-state index is 1.10. The van der Waals surface area contributed by atoms with Crippen molar-refractivity contribution in [3.63, 3.8) is 0 Å². The summed E-state index contributed by atoms with van der Waals surface area (Å²) in [7, 11) is 0. The van der Waals surface area contributed by atoms with Gasteiger partial charge < -0.3 is 9.47 Å². The van der Waals surface area contributed by atoms with E-state index in [1.54, 1.807) is 0 Å². The lowest BCUT2D eigenvalue weighted by Gasteiger charge is -2.27. The number of rotatable bonds is 7. The molecule has 1 aromatic heterocycles. The summed E-state index contributed by atoms with van der Waals surface area (Å²) >= 11 is 0. The van der Waals surface area contributed by atoms with Crippen LogP contribution >= 0.6 is 0 Å². The van der Waals surface area contributed by atoms with Crippen LogP contribution in [-0.2, 0) is 0 Å². The highest BCUT2D eigenvalue weighted by Crippen LogP contribution is 2.46. The fourth-order valence-electron chi connectivity index (χ4n) is 9.57. The van der Waals surface area contributed by atoms with Gasteiger partial charge in [-0.15, -0.1) is 0 Å². The van der Waals surface area contributed by atoms with Crippen LogP contribution in [0.25, 0.3) is 93.2 Å². The molecule has 0 spiro atoms. The first kappa shape index (κ1) is 34.1. The molecule has 0 N–H and O–H groups in total. The third-order valence-corrected chi connectivity index (χ3v) is 12.3. The fourth-order valence-corrected chi connectivity index (χ4v) is 9.57. The Bertz CT molecular complexity index is 3440. The molecule has 0 unspecified atom stereocenters. The summed E-state index contributed by atoms with van der Waals surface area (Å²) in [5, 5.41) is 10.3. The summed E-state index contributed by atoms with van der Waals surface area (Å²) in [6.07, 6.45) is 0. The second-order valence-corrected chi connectivity index (χ2v) is 15.7. The van der Waals surface area contributed by atoms with E-state index in [-0.39, 0.29) is 0 Å². The van der Waals surface area contributed by atoms with Gasteiger partial charge in [-0.05, 0) is 127 Å². The molecule has 12 rings (SSSR count). The molecule has 12 aromatic rings. The lowest BCUT2D eigenvalue weighted by atomic mass is 9.89. The fraction of sp³-hybridized carbons (Fsp3) is 0. The molecule has 2 heteroatoms. The van der Waals surface area contributed by atoms with Crippen LogP contribution in [-0.4, -0.2) is 4.57 Å². The molecule has 60 heavy (non-hydrogen) atoms. The van der Waals surface area contributed by atoms with Crippen molar-refractivity contribution in [3.05, 3.63) is 231 Å². The summed E-state index contributed by atoms with van der Waals surface area (Å²) in [4.78, 5) is 2.38. The van der Waals surface area contributed by atoms with E-state index in [0.717, 1.165) is 17.1 Å². The molecule has 280 valence electrons. The molecule has 0 radical (unpaired) electrons. The molecule has 0 fully saturated rings. The van der Waals surface area contributed by atoms with Gasteiger partial charge >= 0.3 is 0 Å². The average Bonchev–Trinajstić information content (AvgIpc) is 3.66. The number of anilines is 3. The smallest absolute Gasteiger partial charge is 0.0620 e. The van der Waals surface area contributed by atoms with Gasteiger partial charge in [0.25, 0.3) is 0 Å². The molecule has 0 saturated carbocycles. The second kappa shape index (κ2) is 13.9. The summed E-state index contributed by atoms with van der Waals surface area (Å²) in [5.41, 5.74) is 14.1. The first-order valence-corrected chi connectivity index (χ1v) is 20.7. The monoisotopic (exact) mass is 762 g/mol. The highest BCUT2D eigenvalue weighted by atomic mass is 15.1. The van der Waals surface area contributed by atoms with Gasteiger partial charge in [0.15, 0.2) is 0 Å². The summed E-state index contributed by atoms with van der Waals surface area (Å²) in [6.45, 7) is 0. The van der Waals surface area contributed by atoms with Crippen LogP contribution in [0.4, 0.5) is 17.1 Å². The maximum absolute atomic E-state index is 2.45. The van der Waals surface area contributed by atoms with Crippen LogP contribution in [0.1, 0.15) is 0 Å². The molecular formula is C58H38N2. The van der Waals surface area contributed by atoms with Crippen LogP contribution in [0, 0.1) is 0 Å². The lowest BCUT2D eigenvalue weighted by Crippen LogP contribution is -2.10. The topological polar surface area (TPSA) is 8.17 Å². The zero-order valence-electron chi connectivity index (χ0n) is 32.8. The molecule has 0 aliphatic rings. The summed E-state index contributed by atoms with van der Waals surface area (Å²) < 4.78 is 2.45. The molecular weight excluding hydrogens is 725 g/mol. The van der Waals surface area contributed by atoms with Gasteiger partial charge in [0.05, 0.1) is 11.0 Å². The molecule has 0 amide bonds. The van der Waals surface area contributed by atoms with E-state index in [2.05, 4.69) is 240 Å². The van der Waals surface area contributed by atoms with Crippen molar-refractivity contribution in [1.82, 2.24) is 4.57 Å². The summed E-state index contributed by atoms with van der Waals surface area (Å²) in [6, 6.07) is 84.1. The number of nitrogens with zero attached hydrogens (tertiary/aromatic N) is 2. The van der Waals surface area contributed by atoms with Gasteiger partial charge in [0.2, 0.25) is 0 Å². The number of para-hydroxylation sites is 3. The lowest BCUT2D eigenvalue weighted by molar-refractivity contribution is 1.19. The third kappa shape index (κ3) is 5.50. The van der Waals surface area contributed by atoms with Gasteiger partial charge in [0, 0.05) is 38.9 Å². The third-order valence-electron chi connectivity index (χ3n) is 12.3. The number of aromatic nitrogens is 1. The molecule has 1 heterocycles. The van der Waals surface area contributed by atoms with Gasteiger partial charge in [-0.2, -0.15) is 0 Å². The Morgan fingerprint density at radius 3 is 1.55 bits per heavy atom. The molecule has 2 nitrogen and oxygen atoms in total. The highest BCUT2D eigenvalue weighted by molar-refractivity contribution is 6.32. The molecule has 0 aliphatic carbocycles. The van der Waals surface area contributed by atoms with Gasteiger partial charge in [0.1, 0.15) is 0 Å². The average molecular weight is 763 g/mol. The minimum atomic E-state index is 1.10. The van der Waals surface area contributed by atoms with Crippen LogP contribution < -0.4 is 4.90 Å². The zero-order chi connectivity index (χ0) is 39.6. The largest absolute Gasteiger partial charge is 0.310 e. The Morgan fingerprint density at radius 2 is 0.850 bits per heavy atom. The Balaban J connectivity index is 1.02. The number of hydrogen-bond donors (Lipinski definition) is 0. The Kier molecular flexibility index (Phi) is 7.89. The zero-order valence-corrected chi connectivity index (χ0v) is 32.8. The SMILES string of the molecule is c1ccc(-c2cc(-c3ccccc3)cc(N(c3ccccc3)c3ccc(-c4ccc5ccc6c7c(ccc4c57)cc4c5ccccc5n(-c5ccccc5)c46)cc3)c2)cc1. The predicted molar refractivity (Wildman–Crippen MR) is 255 cm³/mol. The first-order chi connectivity index (χ1) is 29.8. The van der Waals surface area contributed by atoms with E-state index < -0.39 is 0 Å². The van der Waals surface area contributed by atoms with Crippen LogP contribution in [0.2, 0.25) is 0 Å². The van der Waals surface area contributed by atoms with Crippen molar-refractivity contribution >= 4 is 71.2 Å². The number of hydrogen-bond acceptors (Lipinski definition) is 1. The molecule has 0 aliphatic heterocycles. The van der Waals surface area contributed by atoms with Crippen molar-refractivity contribution in [2.45, 2.75) is 0 Å². The van der Waals surface area contributed by atoms with Crippen molar-refractivity contribution in [2.24, 2.45) is 0 Å². The highest BCUT2D eigenvalue weighted by Gasteiger charge is 2.21. The molecule has 0 bridgehead atoms. The van der Waals surface area contributed by atoms with Gasteiger partial charge in [-0.1, -0.05) is 164 Å². The Morgan fingerprint density at radius 1 is 0.300 bits per heavy atom. The van der Waals surface area contributed by atoms with E-state index in [1.165, 1.54) is 93.2 Å². The van der Waals surface area contributed by atoms with E-state index >= 15 is 0 Å². The molecule has 0 saturated heterocycles. The maximum Gasteiger partial charge on any atom is 0.0620 e. The summed E-state index contributed by atoms with van der Waals surface area (Å²) in [5.74, 6) is 0. The van der Waals surface area contributed by atoms with Gasteiger partial charge in [-0.25, -0.2) is 0 Å². The van der Waals surface area contributed by atoms with Crippen molar-refractivity contribution in [1.29, 1.82) is 0 Å². The normalized spacial score (nSPS) is 11.7. The van der Waals surface area contributed by atoms with E-state index in [9.17, 15) is 0 Å². The van der Waals surface area contributed by atoms with E-state index in [1.807, 2.05) is 0 Å². The Hall–Kier alpha value is -7.94. The Labute approximate surface area is 348 Å². The van der Waals surface area contributed by atoms with Gasteiger partial charge in [-0.3, -0.25) is 0 Å². The number of fused-ring (bicyclic) bond motifs is 4. The van der Waals surface area contributed by atoms with Crippen LogP contribution in [0.15, 0.2) is 231 Å². The van der Waals surface area contributed by atoms with Crippen molar-refractivity contribution in [2.75, 3.05) is 4.90 Å². The predicted octanol–water partition coefficient (Wildman–Crippen LogP) is 16.2.